The molecule has 1 N–H and O–H groups in total. The van der Waals surface area contributed by atoms with E-state index in [0.717, 1.165) is 5.69 Å². The van der Waals surface area contributed by atoms with E-state index in [1.165, 1.54) is 4.68 Å². The van der Waals surface area contributed by atoms with Crippen LogP contribution >= 0.6 is 0 Å². The predicted molar refractivity (Wildman–Crippen MR) is 43.6 cm³/mol. The zero-order valence-corrected chi connectivity index (χ0v) is 7.42. The number of nitrogens with zero attached hydrogens (tertiary/aromatic N) is 2. The highest BCUT2D eigenvalue weighted by molar-refractivity contribution is 5.20. The summed E-state index contributed by atoms with van der Waals surface area (Å²) in [5.41, 5.74) is 0.927. The van der Waals surface area contributed by atoms with Crippen LogP contribution in [0.2, 0.25) is 0 Å². The zero-order chi connectivity index (χ0) is 8.65. The SMILES string of the molecule is Cn1nc(C(C)(C)C)cc1O. The van der Waals surface area contributed by atoms with Gasteiger partial charge in [-0.15, -0.1) is 0 Å². The zero-order valence-electron chi connectivity index (χ0n) is 7.42. The van der Waals surface area contributed by atoms with Crippen molar-refractivity contribution in [2.75, 3.05) is 0 Å². The summed E-state index contributed by atoms with van der Waals surface area (Å²) in [5.74, 6) is 0.218. The molecule has 0 unspecified atom stereocenters. The van der Waals surface area contributed by atoms with Gasteiger partial charge in [0.1, 0.15) is 0 Å². The molecule has 1 rings (SSSR count). The maximum atomic E-state index is 9.20. The third-order valence-electron chi connectivity index (χ3n) is 1.62. The van der Waals surface area contributed by atoms with E-state index in [1.54, 1.807) is 13.1 Å². The third-order valence-corrected chi connectivity index (χ3v) is 1.62. The molecule has 0 spiro atoms. The van der Waals surface area contributed by atoms with Gasteiger partial charge < -0.3 is 5.11 Å². The Balaban J connectivity index is 3.08. The molecule has 0 radical (unpaired) electrons. The summed E-state index contributed by atoms with van der Waals surface area (Å²) >= 11 is 0. The molecule has 0 aliphatic carbocycles. The molecule has 0 aliphatic rings. The lowest BCUT2D eigenvalue weighted by Crippen LogP contribution is -2.12. The van der Waals surface area contributed by atoms with E-state index in [0.29, 0.717) is 0 Å². The van der Waals surface area contributed by atoms with Crippen molar-refractivity contribution < 1.29 is 5.11 Å². The average Bonchev–Trinajstić information content (AvgIpc) is 2.11. The van der Waals surface area contributed by atoms with E-state index in [2.05, 4.69) is 25.9 Å². The van der Waals surface area contributed by atoms with Crippen molar-refractivity contribution in [1.29, 1.82) is 0 Å². The summed E-state index contributed by atoms with van der Waals surface area (Å²) in [6, 6.07) is 1.69. The Labute approximate surface area is 66.7 Å². The monoisotopic (exact) mass is 154 g/mol. The fourth-order valence-electron chi connectivity index (χ4n) is 0.824. The second kappa shape index (κ2) is 2.26. The quantitative estimate of drug-likeness (QED) is 0.613. The van der Waals surface area contributed by atoms with Crippen LogP contribution < -0.4 is 0 Å². The van der Waals surface area contributed by atoms with Crippen molar-refractivity contribution >= 4 is 0 Å². The van der Waals surface area contributed by atoms with Crippen molar-refractivity contribution in [3.8, 4) is 5.88 Å². The molecule has 0 saturated heterocycles. The van der Waals surface area contributed by atoms with Crippen LogP contribution in [-0.4, -0.2) is 14.9 Å². The second-order valence-electron chi connectivity index (χ2n) is 3.76. The summed E-state index contributed by atoms with van der Waals surface area (Å²) in [4.78, 5) is 0. The van der Waals surface area contributed by atoms with E-state index < -0.39 is 0 Å². The highest BCUT2D eigenvalue weighted by atomic mass is 16.3. The van der Waals surface area contributed by atoms with Crippen LogP contribution in [0.25, 0.3) is 0 Å². The molecule has 0 atom stereocenters. The van der Waals surface area contributed by atoms with Gasteiger partial charge in [-0.25, -0.2) is 4.68 Å². The van der Waals surface area contributed by atoms with Gasteiger partial charge in [-0.3, -0.25) is 0 Å². The maximum absolute atomic E-state index is 9.20. The summed E-state index contributed by atoms with van der Waals surface area (Å²) < 4.78 is 1.47. The van der Waals surface area contributed by atoms with Crippen LogP contribution in [0, 0.1) is 0 Å². The molecular weight excluding hydrogens is 140 g/mol. The first-order chi connectivity index (χ1) is 4.91. The predicted octanol–water partition coefficient (Wildman–Crippen LogP) is 1.42. The van der Waals surface area contributed by atoms with Crippen LogP contribution in [0.4, 0.5) is 0 Å². The van der Waals surface area contributed by atoms with E-state index in [4.69, 9.17) is 0 Å². The molecule has 0 amide bonds. The second-order valence-corrected chi connectivity index (χ2v) is 3.76. The van der Waals surface area contributed by atoms with Crippen LogP contribution in [0.5, 0.6) is 5.88 Å². The summed E-state index contributed by atoms with van der Waals surface area (Å²) in [6.07, 6.45) is 0. The Kier molecular flexibility index (Phi) is 1.66. The van der Waals surface area contributed by atoms with Crippen molar-refractivity contribution in [2.24, 2.45) is 7.05 Å². The number of aryl methyl sites for hydroxylation is 1. The maximum Gasteiger partial charge on any atom is 0.209 e. The summed E-state index contributed by atoms with van der Waals surface area (Å²) in [5, 5.41) is 13.4. The number of rotatable bonds is 0. The smallest absolute Gasteiger partial charge is 0.209 e. The third kappa shape index (κ3) is 1.53. The fourth-order valence-corrected chi connectivity index (χ4v) is 0.824. The first-order valence-corrected chi connectivity index (χ1v) is 3.65. The summed E-state index contributed by atoms with van der Waals surface area (Å²) in [6.45, 7) is 6.19. The van der Waals surface area contributed by atoms with E-state index in [1.807, 2.05) is 0 Å². The van der Waals surface area contributed by atoms with E-state index >= 15 is 0 Å². The molecule has 1 aromatic rings. The Morgan fingerprint density at radius 2 is 2.00 bits per heavy atom. The summed E-state index contributed by atoms with van der Waals surface area (Å²) in [7, 11) is 1.73. The first kappa shape index (κ1) is 8.11. The highest BCUT2D eigenvalue weighted by Crippen LogP contribution is 2.23. The van der Waals surface area contributed by atoms with Gasteiger partial charge in [0.05, 0.1) is 5.69 Å². The largest absolute Gasteiger partial charge is 0.493 e. The molecule has 0 bridgehead atoms. The van der Waals surface area contributed by atoms with E-state index in [9.17, 15) is 5.11 Å². The van der Waals surface area contributed by atoms with Crippen molar-refractivity contribution in [3.63, 3.8) is 0 Å². The lowest BCUT2D eigenvalue weighted by Gasteiger charge is -2.13. The average molecular weight is 154 g/mol. The molecule has 3 nitrogen and oxygen atoms in total. The molecule has 1 aromatic heterocycles. The van der Waals surface area contributed by atoms with Gasteiger partial charge >= 0.3 is 0 Å². The highest BCUT2D eigenvalue weighted by Gasteiger charge is 2.18. The standard InChI is InChI=1S/C8H14N2O/c1-8(2,3)6-5-7(11)10(4)9-6/h5,11H,1-4H3. The van der Waals surface area contributed by atoms with Gasteiger partial charge in [0.2, 0.25) is 5.88 Å². The molecule has 1 heterocycles. The van der Waals surface area contributed by atoms with Gasteiger partial charge in [-0.2, -0.15) is 5.10 Å². The Bertz CT molecular complexity index is 238. The number of hydrogen-bond donors (Lipinski definition) is 1. The molecule has 62 valence electrons. The molecule has 0 aliphatic heterocycles. The number of aromatic hydroxyl groups is 1. The minimum absolute atomic E-state index is 0.0126. The molecule has 0 aromatic carbocycles. The van der Waals surface area contributed by atoms with Crippen molar-refractivity contribution in [3.05, 3.63) is 11.8 Å². The van der Waals surface area contributed by atoms with Gasteiger partial charge in [0.15, 0.2) is 0 Å². The number of hydrogen-bond acceptors (Lipinski definition) is 2. The Hall–Kier alpha value is -0.990. The fraction of sp³-hybridized carbons (Fsp3) is 0.625. The number of aromatic nitrogens is 2. The van der Waals surface area contributed by atoms with Gasteiger partial charge in [-0.05, 0) is 0 Å². The first-order valence-electron chi connectivity index (χ1n) is 3.65. The molecule has 11 heavy (non-hydrogen) atoms. The minimum atomic E-state index is 0.0126. The van der Waals surface area contributed by atoms with Gasteiger partial charge in [-0.1, -0.05) is 20.8 Å². The Morgan fingerprint density at radius 1 is 1.45 bits per heavy atom. The molecular formula is C8H14N2O. The van der Waals surface area contributed by atoms with Crippen LogP contribution in [-0.2, 0) is 12.5 Å². The lowest BCUT2D eigenvalue weighted by molar-refractivity contribution is 0.418. The van der Waals surface area contributed by atoms with Crippen LogP contribution in [0.1, 0.15) is 26.5 Å². The molecule has 0 saturated carbocycles. The topological polar surface area (TPSA) is 38.0 Å². The normalized spacial score (nSPS) is 12.0. The molecule has 0 fully saturated rings. The molecule has 3 heteroatoms. The minimum Gasteiger partial charge on any atom is -0.493 e. The van der Waals surface area contributed by atoms with Gasteiger partial charge in [0.25, 0.3) is 0 Å². The van der Waals surface area contributed by atoms with Crippen molar-refractivity contribution in [1.82, 2.24) is 9.78 Å². The lowest BCUT2D eigenvalue weighted by atomic mass is 9.93. The Morgan fingerprint density at radius 3 is 2.18 bits per heavy atom. The van der Waals surface area contributed by atoms with Crippen LogP contribution in [0.15, 0.2) is 6.07 Å². The van der Waals surface area contributed by atoms with Gasteiger partial charge in [0, 0.05) is 18.5 Å². The van der Waals surface area contributed by atoms with Crippen molar-refractivity contribution in [2.45, 2.75) is 26.2 Å². The van der Waals surface area contributed by atoms with E-state index in [-0.39, 0.29) is 11.3 Å². The van der Waals surface area contributed by atoms with Crippen LogP contribution in [0.3, 0.4) is 0 Å².